The summed E-state index contributed by atoms with van der Waals surface area (Å²) < 4.78 is 12.6. The van der Waals surface area contributed by atoms with Gasteiger partial charge >= 0.3 is 0 Å². The molecule has 1 aromatic carbocycles. The summed E-state index contributed by atoms with van der Waals surface area (Å²) in [6, 6.07) is 7.57. The van der Waals surface area contributed by atoms with Crippen molar-refractivity contribution in [1.82, 2.24) is 0 Å². The van der Waals surface area contributed by atoms with Crippen molar-refractivity contribution in [2.75, 3.05) is 18.0 Å². The van der Waals surface area contributed by atoms with Gasteiger partial charge in [0.1, 0.15) is 5.82 Å². The molecule has 1 fully saturated rings. The molecule has 0 aliphatic carbocycles. The second-order valence-corrected chi connectivity index (χ2v) is 2.73. The lowest BCUT2D eigenvalue weighted by Crippen LogP contribution is -2.36. The Labute approximate surface area is 65.4 Å². The van der Waals surface area contributed by atoms with Crippen LogP contribution in [0.5, 0.6) is 0 Å². The van der Waals surface area contributed by atoms with Crippen molar-refractivity contribution in [2.45, 2.75) is 6.42 Å². The zero-order chi connectivity index (χ0) is 7.68. The van der Waals surface area contributed by atoms with E-state index in [2.05, 4.69) is 11.0 Å². The van der Waals surface area contributed by atoms with Crippen molar-refractivity contribution in [1.29, 1.82) is 0 Å². The number of anilines is 1. The molecule has 1 aromatic rings. The monoisotopic (exact) mass is 150 g/mol. The molecule has 1 aliphatic rings. The summed E-state index contributed by atoms with van der Waals surface area (Å²) in [7, 11) is 0. The number of hydrogen-bond donors (Lipinski definition) is 0. The summed E-state index contributed by atoms with van der Waals surface area (Å²) in [6.45, 7) is 2.08. The molecule has 1 heterocycles. The topological polar surface area (TPSA) is 3.24 Å². The molecule has 0 atom stereocenters. The highest BCUT2D eigenvalue weighted by Crippen LogP contribution is 2.19. The first-order valence-corrected chi connectivity index (χ1v) is 3.78. The molecule has 11 heavy (non-hydrogen) atoms. The Morgan fingerprint density at radius 2 is 2.27 bits per heavy atom. The lowest BCUT2D eigenvalue weighted by atomic mass is 10.2. The Bertz CT molecular complexity index is 255. The fourth-order valence-electron chi connectivity index (χ4n) is 1.17. The molecule has 2 heteroatoms. The van der Waals surface area contributed by atoms with E-state index >= 15 is 0 Å². The van der Waals surface area contributed by atoms with Crippen LogP contribution in [0.2, 0.25) is 0 Å². The summed E-state index contributed by atoms with van der Waals surface area (Å²) in [5.41, 5.74) is 0.885. The summed E-state index contributed by atoms with van der Waals surface area (Å²) in [5, 5.41) is 0. The van der Waals surface area contributed by atoms with E-state index in [1.165, 1.54) is 18.6 Å². The average Bonchev–Trinajstić information content (AvgIpc) is 1.83. The van der Waals surface area contributed by atoms with Gasteiger partial charge in [-0.1, -0.05) is 0 Å². The standard InChI is InChI=1S/C9H9FN/c10-8-3-1-4-9(7-8)11-5-2-6-11/h1,3,7H,2,5-6H2. The van der Waals surface area contributed by atoms with Crippen molar-refractivity contribution in [3.8, 4) is 0 Å². The second kappa shape index (κ2) is 2.53. The molecule has 1 saturated heterocycles. The minimum Gasteiger partial charge on any atom is -0.371 e. The van der Waals surface area contributed by atoms with Crippen LogP contribution < -0.4 is 4.90 Å². The summed E-state index contributed by atoms with van der Waals surface area (Å²) in [5.74, 6) is -0.175. The Kier molecular flexibility index (Phi) is 1.53. The van der Waals surface area contributed by atoms with Gasteiger partial charge in [-0.05, 0) is 24.6 Å². The van der Waals surface area contributed by atoms with Gasteiger partial charge in [0.05, 0.1) is 0 Å². The molecule has 0 N–H and O–H groups in total. The highest BCUT2D eigenvalue weighted by molar-refractivity contribution is 5.47. The van der Waals surface area contributed by atoms with Crippen LogP contribution in [-0.4, -0.2) is 13.1 Å². The first-order valence-electron chi connectivity index (χ1n) is 3.78. The third kappa shape index (κ3) is 1.20. The lowest BCUT2D eigenvalue weighted by Gasteiger charge is -2.32. The largest absolute Gasteiger partial charge is 0.371 e. The lowest BCUT2D eigenvalue weighted by molar-refractivity contribution is 0.603. The molecular formula is C9H9FN. The molecule has 0 bridgehead atoms. The fourth-order valence-corrected chi connectivity index (χ4v) is 1.17. The van der Waals surface area contributed by atoms with Crippen molar-refractivity contribution in [3.05, 3.63) is 30.1 Å². The second-order valence-electron chi connectivity index (χ2n) is 2.73. The Balaban J connectivity index is 2.23. The van der Waals surface area contributed by atoms with Crippen LogP contribution in [0.1, 0.15) is 6.42 Å². The normalized spacial score (nSPS) is 16.3. The van der Waals surface area contributed by atoms with Crippen LogP contribution in [0.3, 0.4) is 0 Å². The number of halogens is 1. The molecule has 1 nitrogen and oxygen atoms in total. The average molecular weight is 150 g/mol. The smallest absolute Gasteiger partial charge is 0.125 e. The van der Waals surface area contributed by atoms with Gasteiger partial charge in [0, 0.05) is 24.8 Å². The number of hydrogen-bond acceptors (Lipinski definition) is 1. The molecule has 0 aromatic heterocycles. The van der Waals surface area contributed by atoms with Gasteiger partial charge < -0.3 is 4.90 Å². The number of benzene rings is 1. The van der Waals surface area contributed by atoms with Crippen molar-refractivity contribution < 1.29 is 4.39 Å². The Morgan fingerprint density at radius 1 is 1.45 bits per heavy atom. The number of nitrogens with zero attached hydrogens (tertiary/aromatic N) is 1. The molecule has 0 unspecified atom stereocenters. The highest BCUT2D eigenvalue weighted by atomic mass is 19.1. The summed E-state index contributed by atoms with van der Waals surface area (Å²) in [6.07, 6.45) is 1.21. The predicted molar refractivity (Wildman–Crippen MR) is 42.1 cm³/mol. The van der Waals surface area contributed by atoms with Gasteiger partial charge in [-0.25, -0.2) is 4.39 Å². The maximum Gasteiger partial charge on any atom is 0.125 e. The quantitative estimate of drug-likeness (QED) is 0.590. The van der Waals surface area contributed by atoms with Crippen LogP contribution in [0.25, 0.3) is 0 Å². The Morgan fingerprint density at radius 3 is 2.82 bits per heavy atom. The van der Waals surface area contributed by atoms with E-state index in [9.17, 15) is 4.39 Å². The zero-order valence-electron chi connectivity index (χ0n) is 6.18. The Hall–Kier alpha value is -1.05. The molecule has 0 spiro atoms. The van der Waals surface area contributed by atoms with E-state index in [0.29, 0.717) is 0 Å². The van der Waals surface area contributed by atoms with Crippen molar-refractivity contribution in [3.63, 3.8) is 0 Å². The van der Waals surface area contributed by atoms with Crippen molar-refractivity contribution in [2.24, 2.45) is 0 Å². The minimum absolute atomic E-state index is 0.175. The predicted octanol–water partition coefficient (Wildman–Crippen LogP) is 1.84. The minimum atomic E-state index is -0.175. The molecule has 1 radical (unpaired) electrons. The first-order chi connectivity index (χ1) is 5.36. The third-order valence-corrected chi connectivity index (χ3v) is 1.95. The fraction of sp³-hybridized carbons (Fsp3) is 0.333. The molecule has 1 aliphatic heterocycles. The molecule has 0 saturated carbocycles. The van der Waals surface area contributed by atoms with Crippen LogP contribution in [0.15, 0.2) is 18.2 Å². The van der Waals surface area contributed by atoms with Crippen LogP contribution in [-0.2, 0) is 0 Å². The van der Waals surface area contributed by atoms with E-state index in [0.717, 1.165) is 18.8 Å². The van der Waals surface area contributed by atoms with Crippen molar-refractivity contribution >= 4 is 5.69 Å². The molecule has 2 rings (SSSR count). The van der Waals surface area contributed by atoms with Gasteiger partial charge in [-0.15, -0.1) is 0 Å². The van der Waals surface area contributed by atoms with Crippen LogP contribution >= 0.6 is 0 Å². The van der Waals surface area contributed by atoms with Crippen LogP contribution in [0, 0.1) is 11.9 Å². The van der Waals surface area contributed by atoms with Gasteiger partial charge in [0.15, 0.2) is 0 Å². The first kappa shape index (κ1) is 6.65. The van der Waals surface area contributed by atoms with Gasteiger partial charge in [0.25, 0.3) is 0 Å². The third-order valence-electron chi connectivity index (χ3n) is 1.95. The van der Waals surface area contributed by atoms with E-state index in [4.69, 9.17) is 0 Å². The maximum atomic E-state index is 12.6. The summed E-state index contributed by atoms with van der Waals surface area (Å²) in [4.78, 5) is 2.11. The van der Waals surface area contributed by atoms with Crippen LogP contribution in [0.4, 0.5) is 10.1 Å². The van der Waals surface area contributed by atoms with E-state index in [1.54, 1.807) is 6.07 Å². The zero-order valence-corrected chi connectivity index (χ0v) is 6.18. The van der Waals surface area contributed by atoms with E-state index in [1.807, 2.05) is 0 Å². The molecular weight excluding hydrogens is 141 g/mol. The highest BCUT2D eigenvalue weighted by Gasteiger charge is 2.14. The molecule has 57 valence electrons. The van der Waals surface area contributed by atoms with Gasteiger partial charge in [-0.2, -0.15) is 0 Å². The van der Waals surface area contributed by atoms with E-state index in [-0.39, 0.29) is 5.82 Å². The SMILES string of the molecule is Fc1cc[c]c(N2CCC2)c1. The molecule has 0 amide bonds. The number of rotatable bonds is 1. The summed E-state index contributed by atoms with van der Waals surface area (Å²) >= 11 is 0. The van der Waals surface area contributed by atoms with E-state index < -0.39 is 0 Å². The van der Waals surface area contributed by atoms with Gasteiger partial charge in [-0.3, -0.25) is 0 Å². The maximum absolute atomic E-state index is 12.6. The van der Waals surface area contributed by atoms with Gasteiger partial charge in [0.2, 0.25) is 0 Å².